The molecule has 0 aliphatic heterocycles. The highest BCUT2D eigenvalue weighted by Crippen LogP contribution is 2.22. The fraction of sp³-hybridized carbons (Fsp3) is 0.333. The van der Waals surface area contributed by atoms with E-state index in [1.54, 1.807) is 7.11 Å². The van der Waals surface area contributed by atoms with Crippen molar-refractivity contribution in [3.05, 3.63) is 52.2 Å². The van der Waals surface area contributed by atoms with Crippen LogP contribution in [0.5, 0.6) is 5.75 Å². The summed E-state index contributed by atoms with van der Waals surface area (Å²) in [5.74, 6) is 0.909. The first kappa shape index (κ1) is 13.1. The number of nitrogens with one attached hydrogen (secondary N) is 1. The van der Waals surface area contributed by atoms with Gasteiger partial charge in [0.2, 0.25) is 0 Å². The summed E-state index contributed by atoms with van der Waals surface area (Å²) in [5, 5.41) is 5.52. The predicted molar refractivity (Wildman–Crippen MR) is 77.4 cm³/mol. The van der Waals surface area contributed by atoms with Crippen molar-refractivity contribution in [2.24, 2.45) is 0 Å². The highest BCUT2D eigenvalue weighted by molar-refractivity contribution is 7.09. The number of aryl methyl sites for hydroxylation is 1. The summed E-state index contributed by atoms with van der Waals surface area (Å²) < 4.78 is 5.18. The van der Waals surface area contributed by atoms with Gasteiger partial charge in [0.15, 0.2) is 0 Å². The minimum atomic E-state index is 0.401. The van der Waals surface area contributed by atoms with Crippen molar-refractivity contribution in [1.29, 1.82) is 0 Å². The van der Waals surface area contributed by atoms with E-state index in [4.69, 9.17) is 4.74 Å². The van der Waals surface area contributed by atoms with Gasteiger partial charge >= 0.3 is 0 Å². The first-order valence-corrected chi connectivity index (χ1v) is 7.05. The minimum Gasteiger partial charge on any atom is -0.497 e. The number of ether oxygens (including phenoxy) is 1. The molecule has 18 heavy (non-hydrogen) atoms. The average molecular weight is 261 g/mol. The Balaban J connectivity index is 1.98. The summed E-state index contributed by atoms with van der Waals surface area (Å²) in [4.78, 5) is 1.45. The van der Waals surface area contributed by atoms with E-state index in [9.17, 15) is 0 Å². The van der Waals surface area contributed by atoms with Crippen molar-refractivity contribution in [1.82, 2.24) is 5.32 Å². The Morgan fingerprint density at radius 1 is 1.22 bits per heavy atom. The molecule has 0 saturated heterocycles. The van der Waals surface area contributed by atoms with Crippen LogP contribution in [0.2, 0.25) is 0 Å². The van der Waals surface area contributed by atoms with E-state index in [0.29, 0.717) is 6.04 Å². The smallest absolute Gasteiger partial charge is 0.118 e. The number of rotatable bonds is 6. The second-order valence-electron chi connectivity index (χ2n) is 4.23. The van der Waals surface area contributed by atoms with Crippen LogP contribution in [0.1, 0.15) is 22.9 Å². The fourth-order valence-electron chi connectivity index (χ4n) is 2.06. The van der Waals surface area contributed by atoms with Crippen LogP contribution in [0.3, 0.4) is 0 Å². The highest BCUT2D eigenvalue weighted by Gasteiger charge is 2.09. The molecule has 0 aliphatic rings. The molecule has 0 saturated carbocycles. The van der Waals surface area contributed by atoms with Crippen molar-refractivity contribution < 1.29 is 4.74 Å². The van der Waals surface area contributed by atoms with E-state index >= 15 is 0 Å². The topological polar surface area (TPSA) is 21.3 Å². The Labute approximate surface area is 113 Å². The quantitative estimate of drug-likeness (QED) is 0.857. The molecule has 0 spiro atoms. The highest BCUT2D eigenvalue weighted by atomic mass is 32.1. The fourth-order valence-corrected chi connectivity index (χ4v) is 2.78. The Hall–Kier alpha value is -1.32. The molecule has 1 N–H and O–H groups in total. The zero-order chi connectivity index (χ0) is 12.8. The van der Waals surface area contributed by atoms with Crippen molar-refractivity contribution in [3.8, 4) is 5.75 Å². The van der Waals surface area contributed by atoms with Crippen molar-refractivity contribution in [3.63, 3.8) is 0 Å². The number of thiophene rings is 1. The van der Waals surface area contributed by atoms with Gasteiger partial charge in [-0.1, -0.05) is 18.2 Å². The monoisotopic (exact) mass is 261 g/mol. The lowest BCUT2D eigenvalue weighted by Crippen LogP contribution is -2.16. The third-order valence-corrected chi connectivity index (χ3v) is 4.06. The normalized spacial score (nSPS) is 12.3. The summed E-state index contributed by atoms with van der Waals surface area (Å²) in [7, 11) is 3.71. The summed E-state index contributed by atoms with van der Waals surface area (Å²) in [6.07, 6.45) is 2.23. The lowest BCUT2D eigenvalue weighted by Gasteiger charge is -2.16. The predicted octanol–water partition coefficient (Wildman–Crippen LogP) is 3.65. The SMILES string of the molecule is CNC(CCc1cccs1)c1ccc(OC)cc1. The molecule has 2 nitrogen and oxygen atoms in total. The summed E-state index contributed by atoms with van der Waals surface area (Å²) in [5.41, 5.74) is 1.31. The molecular formula is C15H19NOS. The van der Waals surface area contributed by atoms with Crippen LogP contribution in [0.25, 0.3) is 0 Å². The molecule has 96 valence electrons. The molecule has 1 aromatic heterocycles. The number of hydrogen-bond acceptors (Lipinski definition) is 3. The van der Waals surface area contributed by atoms with Crippen molar-refractivity contribution >= 4 is 11.3 Å². The minimum absolute atomic E-state index is 0.401. The molecule has 1 heterocycles. The van der Waals surface area contributed by atoms with Crippen LogP contribution < -0.4 is 10.1 Å². The second-order valence-corrected chi connectivity index (χ2v) is 5.26. The van der Waals surface area contributed by atoms with Gasteiger partial charge in [0.25, 0.3) is 0 Å². The van der Waals surface area contributed by atoms with Crippen LogP contribution in [0.15, 0.2) is 41.8 Å². The zero-order valence-electron chi connectivity index (χ0n) is 10.8. The molecule has 1 unspecified atom stereocenters. The molecular weight excluding hydrogens is 242 g/mol. The van der Waals surface area contributed by atoms with Gasteiger partial charge in [0.05, 0.1) is 7.11 Å². The third-order valence-electron chi connectivity index (χ3n) is 3.13. The van der Waals surface area contributed by atoms with Gasteiger partial charge in [-0.3, -0.25) is 0 Å². The van der Waals surface area contributed by atoms with E-state index in [1.165, 1.54) is 10.4 Å². The van der Waals surface area contributed by atoms with E-state index in [2.05, 4.69) is 35.0 Å². The Morgan fingerprint density at radius 2 is 2.00 bits per heavy atom. The molecule has 2 rings (SSSR count). The van der Waals surface area contributed by atoms with Crippen molar-refractivity contribution in [2.75, 3.05) is 14.2 Å². The number of hydrogen-bond donors (Lipinski definition) is 1. The van der Waals surface area contributed by atoms with E-state index in [-0.39, 0.29) is 0 Å². The van der Waals surface area contributed by atoms with Crippen LogP contribution in [-0.2, 0) is 6.42 Å². The van der Waals surface area contributed by atoms with E-state index in [1.807, 2.05) is 30.5 Å². The van der Waals surface area contributed by atoms with Gasteiger partial charge in [0, 0.05) is 10.9 Å². The molecule has 1 aromatic carbocycles. The zero-order valence-corrected chi connectivity index (χ0v) is 11.7. The first-order valence-electron chi connectivity index (χ1n) is 6.17. The maximum atomic E-state index is 5.18. The van der Waals surface area contributed by atoms with E-state index in [0.717, 1.165) is 18.6 Å². The average Bonchev–Trinajstić information content (AvgIpc) is 2.93. The Morgan fingerprint density at radius 3 is 2.56 bits per heavy atom. The summed E-state index contributed by atoms with van der Waals surface area (Å²) >= 11 is 1.83. The molecule has 2 aromatic rings. The van der Waals surface area contributed by atoms with Crippen molar-refractivity contribution in [2.45, 2.75) is 18.9 Å². The number of benzene rings is 1. The van der Waals surface area contributed by atoms with Crippen LogP contribution in [0.4, 0.5) is 0 Å². The molecule has 0 fully saturated rings. The molecule has 0 bridgehead atoms. The summed E-state index contributed by atoms with van der Waals surface area (Å²) in [6, 6.07) is 13.0. The van der Waals surface area contributed by atoms with Gasteiger partial charge in [-0.2, -0.15) is 0 Å². The maximum Gasteiger partial charge on any atom is 0.118 e. The van der Waals surface area contributed by atoms with Gasteiger partial charge in [0.1, 0.15) is 5.75 Å². The Kier molecular flexibility index (Phi) is 4.79. The van der Waals surface area contributed by atoms with Gasteiger partial charge in [-0.05, 0) is 49.0 Å². The molecule has 0 amide bonds. The molecule has 3 heteroatoms. The lowest BCUT2D eigenvalue weighted by molar-refractivity contribution is 0.414. The molecule has 1 atom stereocenters. The molecule has 0 aliphatic carbocycles. The number of methoxy groups -OCH3 is 1. The Bertz CT molecular complexity index is 450. The standard InChI is InChI=1S/C15H19NOS/c1-16-15(10-9-14-4-3-11-18-14)12-5-7-13(17-2)8-6-12/h3-8,11,15-16H,9-10H2,1-2H3. The van der Waals surface area contributed by atoms with Crippen LogP contribution >= 0.6 is 11.3 Å². The van der Waals surface area contributed by atoms with Crippen LogP contribution in [-0.4, -0.2) is 14.2 Å². The van der Waals surface area contributed by atoms with Gasteiger partial charge in [-0.15, -0.1) is 11.3 Å². The third kappa shape index (κ3) is 3.34. The summed E-state index contributed by atoms with van der Waals surface area (Å²) in [6.45, 7) is 0. The lowest BCUT2D eigenvalue weighted by atomic mass is 10.0. The second kappa shape index (κ2) is 6.57. The maximum absolute atomic E-state index is 5.18. The molecule has 0 radical (unpaired) electrons. The van der Waals surface area contributed by atoms with Crippen LogP contribution in [0, 0.1) is 0 Å². The van der Waals surface area contributed by atoms with Gasteiger partial charge in [-0.25, -0.2) is 0 Å². The first-order chi connectivity index (χ1) is 8.83. The van der Waals surface area contributed by atoms with Gasteiger partial charge < -0.3 is 10.1 Å². The largest absolute Gasteiger partial charge is 0.497 e. The van der Waals surface area contributed by atoms with E-state index < -0.39 is 0 Å².